The summed E-state index contributed by atoms with van der Waals surface area (Å²) >= 11 is 0. The van der Waals surface area contributed by atoms with Crippen molar-refractivity contribution in [2.75, 3.05) is 0 Å². The fraction of sp³-hybridized carbons (Fsp3) is 0.333. The van der Waals surface area contributed by atoms with Gasteiger partial charge in [-0.2, -0.15) is 0 Å². The molecule has 18 heavy (non-hydrogen) atoms. The first-order valence-corrected chi connectivity index (χ1v) is 6.38. The van der Waals surface area contributed by atoms with E-state index in [1.165, 1.54) is 5.56 Å². The maximum atomic E-state index is 4.33. The zero-order chi connectivity index (χ0) is 12.8. The molecule has 2 rings (SSSR count). The van der Waals surface area contributed by atoms with Gasteiger partial charge in [-0.25, -0.2) is 0 Å². The number of benzene rings is 1. The van der Waals surface area contributed by atoms with E-state index in [2.05, 4.69) is 53.4 Å². The maximum absolute atomic E-state index is 4.33. The number of nitrogens with one attached hydrogen (secondary N) is 1. The summed E-state index contributed by atoms with van der Waals surface area (Å²) in [6, 6.07) is 11.1. The minimum absolute atomic E-state index is 0.198. The van der Waals surface area contributed by atoms with E-state index in [-0.39, 0.29) is 6.04 Å². The van der Waals surface area contributed by atoms with Crippen LogP contribution in [0.15, 0.2) is 48.9 Å². The second kappa shape index (κ2) is 6.26. The van der Waals surface area contributed by atoms with E-state index in [1.807, 2.05) is 12.3 Å². The standard InChI is InChI=1S/C15H19N3/c1-3-14(13-7-5-4-6-8-13)18-12(2)15-11-16-9-10-17-15/h4-12,14,18H,3H2,1-2H3. The van der Waals surface area contributed by atoms with Crippen LogP contribution >= 0.6 is 0 Å². The topological polar surface area (TPSA) is 37.8 Å². The van der Waals surface area contributed by atoms with Gasteiger partial charge >= 0.3 is 0 Å². The second-order valence-electron chi connectivity index (χ2n) is 4.39. The van der Waals surface area contributed by atoms with Crippen molar-refractivity contribution in [3.63, 3.8) is 0 Å². The Morgan fingerprint density at radius 3 is 2.56 bits per heavy atom. The van der Waals surface area contributed by atoms with Crippen LogP contribution in [0, 0.1) is 0 Å². The number of rotatable bonds is 5. The number of hydrogen-bond acceptors (Lipinski definition) is 3. The highest BCUT2D eigenvalue weighted by Gasteiger charge is 2.14. The van der Waals surface area contributed by atoms with Crippen molar-refractivity contribution in [3.8, 4) is 0 Å². The Balaban J connectivity index is 2.07. The summed E-state index contributed by atoms with van der Waals surface area (Å²) in [5.74, 6) is 0. The van der Waals surface area contributed by atoms with Crippen LogP contribution in [0.25, 0.3) is 0 Å². The second-order valence-corrected chi connectivity index (χ2v) is 4.39. The largest absolute Gasteiger partial charge is 0.302 e. The Bertz CT molecular complexity index is 456. The molecular weight excluding hydrogens is 222 g/mol. The molecule has 3 heteroatoms. The third-order valence-corrected chi connectivity index (χ3v) is 3.09. The first-order valence-electron chi connectivity index (χ1n) is 6.38. The molecule has 0 aliphatic carbocycles. The fourth-order valence-corrected chi connectivity index (χ4v) is 2.06. The van der Waals surface area contributed by atoms with Crippen molar-refractivity contribution in [1.29, 1.82) is 0 Å². The third kappa shape index (κ3) is 3.14. The summed E-state index contributed by atoms with van der Waals surface area (Å²) < 4.78 is 0. The number of nitrogens with zero attached hydrogens (tertiary/aromatic N) is 2. The lowest BCUT2D eigenvalue weighted by molar-refractivity contribution is 0.449. The monoisotopic (exact) mass is 241 g/mol. The zero-order valence-corrected chi connectivity index (χ0v) is 10.9. The van der Waals surface area contributed by atoms with Crippen molar-refractivity contribution < 1.29 is 0 Å². The Morgan fingerprint density at radius 2 is 1.94 bits per heavy atom. The van der Waals surface area contributed by atoms with Gasteiger partial charge in [-0.3, -0.25) is 9.97 Å². The molecule has 1 aromatic heterocycles. The molecule has 0 aliphatic rings. The molecule has 1 heterocycles. The molecule has 0 fully saturated rings. The molecule has 2 unspecified atom stereocenters. The quantitative estimate of drug-likeness (QED) is 0.873. The van der Waals surface area contributed by atoms with Gasteiger partial charge < -0.3 is 5.32 Å². The minimum Gasteiger partial charge on any atom is -0.302 e. The average Bonchev–Trinajstić information content (AvgIpc) is 2.46. The predicted octanol–water partition coefficient (Wildman–Crippen LogP) is 3.28. The molecule has 0 aliphatic heterocycles. The van der Waals surface area contributed by atoms with Gasteiger partial charge in [0.05, 0.1) is 5.69 Å². The summed E-state index contributed by atoms with van der Waals surface area (Å²) in [5.41, 5.74) is 2.29. The van der Waals surface area contributed by atoms with Crippen LogP contribution in [-0.4, -0.2) is 9.97 Å². The molecule has 2 aromatic rings. The highest BCUT2D eigenvalue weighted by molar-refractivity contribution is 5.19. The first kappa shape index (κ1) is 12.7. The van der Waals surface area contributed by atoms with Crippen molar-refractivity contribution >= 4 is 0 Å². The van der Waals surface area contributed by atoms with Crippen molar-refractivity contribution in [1.82, 2.24) is 15.3 Å². The predicted molar refractivity (Wildman–Crippen MR) is 73.1 cm³/mol. The SMILES string of the molecule is CCC(NC(C)c1cnccn1)c1ccccc1. The molecule has 0 saturated carbocycles. The van der Waals surface area contributed by atoms with Crippen LogP contribution in [0.2, 0.25) is 0 Å². The average molecular weight is 241 g/mol. The highest BCUT2D eigenvalue weighted by atomic mass is 15.0. The number of hydrogen-bond donors (Lipinski definition) is 1. The molecule has 3 nitrogen and oxygen atoms in total. The smallest absolute Gasteiger partial charge is 0.0753 e. The van der Waals surface area contributed by atoms with Crippen LogP contribution in [0.5, 0.6) is 0 Å². The molecule has 0 spiro atoms. The van der Waals surface area contributed by atoms with E-state index >= 15 is 0 Å². The molecule has 0 amide bonds. The van der Waals surface area contributed by atoms with Crippen LogP contribution < -0.4 is 5.32 Å². The summed E-state index contributed by atoms with van der Waals surface area (Å²) in [7, 11) is 0. The molecular formula is C15H19N3. The van der Waals surface area contributed by atoms with Crippen molar-refractivity contribution in [3.05, 3.63) is 60.2 Å². The van der Waals surface area contributed by atoms with E-state index in [0.29, 0.717) is 6.04 Å². The highest BCUT2D eigenvalue weighted by Crippen LogP contribution is 2.20. The molecule has 94 valence electrons. The normalized spacial score (nSPS) is 14.1. The lowest BCUT2D eigenvalue weighted by atomic mass is 10.0. The summed E-state index contributed by atoms with van der Waals surface area (Å²) in [4.78, 5) is 8.44. The van der Waals surface area contributed by atoms with Gasteiger partial charge in [0.1, 0.15) is 0 Å². The first-order chi connectivity index (χ1) is 8.81. The van der Waals surface area contributed by atoms with Crippen LogP contribution in [0.4, 0.5) is 0 Å². The van der Waals surface area contributed by atoms with Crippen molar-refractivity contribution in [2.24, 2.45) is 0 Å². The maximum Gasteiger partial charge on any atom is 0.0753 e. The van der Waals surface area contributed by atoms with Crippen LogP contribution in [0.1, 0.15) is 43.6 Å². The minimum atomic E-state index is 0.198. The molecule has 0 saturated heterocycles. The van der Waals surface area contributed by atoms with E-state index in [1.54, 1.807) is 12.4 Å². The van der Waals surface area contributed by atoms with E-state index in [9.17, 15) is 0 Å². The fourth-order valence-electron chi connectivity index (χ4n) is 2.06. The van der Waals surface area contributed by atoms with Crippen LogP contribution in [-0.2, 0) is 0 Å². The Kier molecular flexibility index (Phi) is 4.42. The van der Waals surface area contributed by atoms with Gasteiger partial charge in [0.15, 0.2) is 0 Å². The van der Waals surface area contributed by atoms with Gasteiger partial charge in [-0.15, -0.1) is 0 Å². The Hall–Kier alpha value is -1.74. The van der Waals surface area contributed by atoms with E-state index in [4.69, 9.17) is 0 Å². The Morgan fingerprint density at radius 1 is 1.17 bits per heavy atom. The summed E-state index contributed by atoms with van der Waals surface area (Å²) in [6.45, 7) is 4.31. The van der Waals surface area contributed by atoms with Gasteiger partial charge in [0.2, 0.25) is 0 Å². The third-order valence-electron chi connectivity index (χ3n) is 3.09. The van der Waals surface area contributed by atoms with Gasteiger partial charge in [0.25, 0.3) is 0 Å². The summed E-state index contributed by atoms with van der Waals surface area (Å²) in [6.07, 6.45) is 6.30. The van der Waals surface area contributed by atoms with Crippen molar-refractivity contribution in [2.45, 2.75) is 32.4 Å². The van der Waals surface area contributed by atoms with Gasteiger partial charge in [-0.05, 0) is 18.9 Å². The number of aromatic nitrogens is 2. The van der Waals surface area contributed by atoms with E-state index in [0.717, 1.165) is 12.1 Å². The van der Waals surface area contributed by atoms with Gasteiger partial charge in [0, 0.05) is 30.7 Å². The van der Waals surface area contributed by atoms with Crippen LogP contribution in [0.3, 0.4) is 0 Å². The molecule has 2 atom stereocenters. The van der Waals surface area contributed by atoms with E-state index < -0.39 is 0 Å². The van der Waals surface area contributed by atoms with Gasteiger partial charge in [-0.1, -0.05) is 37.3 Å². The molecule has 1 N–H and O–H groups in total. The Labute approximate surface area is 108 Å². The summed E-state index contributed by atoms with van der Waals surface area (Å²) in [5, 5.41) is 3.60. The lowest BCUT2D eigenvalue weighted by Gasteiger charge is -2.22. The zero-order valence-electron chi connectivity index (χ0n) is 10.9. The molecule has 0 radical (unpaired) electrons. The molecule has 1 aromatic carbocycles. The lowest BCUT2D eigenvalue weighted by Crippen LogP contribution is -2.24. The molecule has 0 bridgehead atoms.